The lowest BCUT2D eigenvalue weighted by molar-refractivity contribution is -0.123. The fourth-order valence-electron chi connectivity index (χ4n) is 2.23. The van der Waals surface area contributed by atoms with Crippen molar-refractivity contribution < 1.29 is 27.5 Å². The van der Waals surface area contributed by atoms with Gasteiger partial charge >= 0.3 is 0 Å². The van der Waals surface area contributed by atoms with Crippen molar-refractivity contribution >= 4 is 38.0 Å². The number of halogens is 1. The monoisotopic (exact) mass is 405 g/mol. The van der Waals surface area contributed by atoms with E-state index in [1.165, 1.54) is 13.2 Å². The van der Waals surface area contributed by atoms with E-state index in [4.69, 9.17) is 9.47 Å². The lowest BCUT2D eigenvalue weighted by Gasteiger charge is -2.14. The standard InChI is InChI=1S/C14H16BrNO6S/c1-21-12-5-11(15)9(6-17)4-13(12)22-7-14(18)16-10-2-3-23(19,20)8-10/h4-6,10H,2-3,7-8H2,1H3,(H,16,18)/t10-/m0/s1. The molecule has 9 heteroatoms. The van der Waals surface area contributed by atoms with Crippen molar-refractivity contribution in [1.82, 2.24) is 5.32 Å². The van der Waals surface area contributed by atoms with Crippen molar-refractivity contribution in [2.24, 2.45) is 0 Å². The number of ether oxygens (including phenoxy) is 2. The zero-order valence-electron chi connectivity index (χ0n) is 12.4. The maximum Gasteiger partial charge on any atom is 0.258 e. The molecule has 1 amide bonds. The number of rotatable bonds is 6. The molecular weight excluding hydrogens is 390 g/mol. The highest BCUT2D eigenvalue weighted by molar-refractivity contribution is 9.10. The van der Waals surface area contributed by atoms with E-state index in [2.05, 4.69) is 21.2 Å². The first-order valence-electron chi connectivity index (χ1n) is 6.80. The van der Waals surface area contributed by atoms with Gasteiger partial charge in [0.25, 0.3) is 5.91 Å². The Morgan fingerprint density at radius 1 is 1.43 bits per heavy atom. The molecule has 126 valence electrons. The maximum absolute atomic E-state index is 11.9. The quantitative estimate of drug-likeness (QED) is 0.707. The van der Waals surface area contributed by atoms with E-state index in [1.807, 2.05) is 0 Å². The molecule has 1 aliphatic heterocycles. The minimum Gasteiger partial charge on any atom is -0.493 e. The minimum atomic E-state index is -3.05. The average Bonchev–Trinajstić information content (AvgIpc) is 2.84. The molecule has 0 aromatic heterocycles. The van der Waals surface area contributed by atoms with E-state index in [1.54, 1.807) is 6.07 Å². The fraction of sp³-hybridized carbons (Fsp3) is 0.429. The van der Waals surface area contributed by atoms with Crippen molar-refractivity contribution in [3.8, 4) is 11.5 Å². The summed E-state index contributed by atoms with van der Waals surface area (Å²) >= 11 is 3.23. The molecule has 1 atom stereocenters. The Morgan fingerprint density at radius 3 is 2.74 bits per heavy atom. The van der Waals surface area contributed by atoms with Crippen molar-refractivity contribution in [3.05, 3.63) is 22.2 Å². The Bertz CT molecular complexity index is 718. The summed E-state index contributed by atoms with van der Waals surface area (Å²) in [6.45, 7) is -0.299. The highest BCUT2D eigenvalue weighted by Crippen LogP contribution is 2.32. The predicted molar refractivity (Wildman–Crippen MR) is 86.8 cm³/mol. The van der Waals surface area contributed by atoms with Gasteiger partial charge in [0.1, 0.15) is 0 Å². The molecule has 1 aliphatic rings. The number of carbonyl (C=O) groups is 2. The predicted octanol–water partition coefficient (Wildman–Crippen LogP) is 0.952. The Hall–Kier alpha value is -1.61. The van der Waals surface area contributed by atoms with E-state index < -0.39 is 15.7 Å². The molecule has 1 saturated heterocycles. The Labute approximate surface area is 142 Å². The molecule has 0 spiro atoms. The van der Waals surface area contributed by atoms with E-state index in [0.717, 1.165) is 0 Å². The Kier molecular flexibility index (Phi) is 5.64. The van der Waals surface area contributed by atoms with Gasteiger partial charge in [-0.3, -0.25) is 9.59 Å². The molecule has 1 aromatic rings. The van der Waals surface area contributed by atoms with Gasteiger partial charge in [-0.05, 0) is 34.5 Å². The second kappa shape index (κ2) is 7.31. The molecule has 0 aliphatic carbocycles. The summed E-state index contributed by atoms with van der Waals surface area (Å²) in [6.07, 6.45) is 1.06. The van der Waals surface area contributed by atoms with E-state index in [9.17, 15) is 18.0 Å². The zero-order valence-corrected chi connectivity index (χ0v) is 14.8. The average molecular weight is 406 g/mol. The first-order valence-corrected chi connectivity index (χ1v) is 9.41. The summed E-state index contributed by atoms with van der Waals surface area (Å²) in [5, 5.41) is 2.62. The van der Waals surface area contributed by atoms with Crippen LogP contribution in [0, 0.1) is 0 Å². The molecule has 0 unspecified atom stereocenters. The van der Waals surface area contributed by atoms with Crippen molar-refractivity contribution in [3.63, 3.8) is 0 Å². The van der Waals surface area contributed by atoms with Gasteiger partial charge in [-0.15, -0.1) is 0 Å². The zero-order chi connectivity index (χ0) is 17.0. The van der Waals surface area contributed by atoms with Crippen molar-refractivity contribution in [2.75, 3.05) is 25.2 Å². The van der Waals surface area contributed by atoms with Crippen LogP contribution < -0.4 is 14.8 Å². The van der Waals surface area contributed by atoms with Crippen LogP contribution in [0.4, 0.5) is 0 Å². The van der Waals surface area contributed by atoms with Gasteiger partial charge in [0.2, 0.25) is 0 Å². The van der Waals surface area contributed by atoms with Crippen LogP contribution in [0.15, 0.2) is 16.6 Å². The second-order valence-corrected chi connectivity index (χ2v) is 8.18. The topological polar surface area (TPSA) is 98.8 Å². The lowest BCUT2D eigenvalue weighted by Crippen LogP contribution is -2.38. The molecule has 1 fully saturated rings. The summed E-state index contributed by atoms with van der Waals surface area (Å²) in [6, 6.07) is 2.65. The van der Waals surface area contributed by atoms with Gasteiger partial charge < -0.3 is 14.8 Å². The first-order chi connectivity index (χ1) is 10.8. The molecule has 0 saturated carbocycles. The van der Waals surface area contributed by atoms with Crippen LogP contribution in [0.2, 0.25) is 0 Å². The number of carbonyl (C=O) groups excluding carboxylic acids is 2. The number of sulfone groups is 1. The van der Waals surface area contributed by atoms with Crippen molar-refractivity contribution in [2.45, 2.75) is 12.5 Å². The molecular formula is C14H16BrNO6S. The third-order valence-corrected chi connectivity index (χ3v) is 5.82. The maximum atomic E-state index is 11.9. The number of hydrogen-bond donors (Lipinski definition) is 1. The normalized spacial score (nSPS) is 19.1. The highest BCUT2D eigenvalue weighted by Gasteiger charge is 2.29. The van der Waals surface area contributed by atoms with Crippen molar-refractivity contribution in [1.29, 1.82) is 0 Å². The van der Waals surface area contributed by atoms with Crippen LogP contribution in [-0.2, 0) is 14.6 Å². The smallest absolute Gasteiger partial charge is 0.258 e. The molecule has 1 aromatic carbocycles. The molecule has 1 N–H and O–H groups in total. The van der Waals surface area contributed by atoms with Gasteiger partial charge in [0, 0.05) is 16.1 Å². The summed E-state index contributed by atoms with van der Waals surface area (Å²) in [5.74, 6) is 0.243. The molecule has 0 bridgehead atoms. The fourth-order valence-corrected chi connectivity index (χ4v) is 4.32. The number of aldehydes is 1. The van der Waals surface area contributed by atoms with E-state index >= 15 is 0 Å². The van der Waals surface area contributed by atoms with Gasteiger partial charge in [0.05, 0.1) is 18.6 Å². The van der Waals surface area contributed by atoms with Crippen LogP contribution >= 0.6 is 15.9 Å². The Balaban J connectivity index is 1.97. The molecule has 0 radical (unpaired) electrons. The number of benzene rings is 1. The number of hydrogen-bond acceptors (Lipinski definition) is 6. The van der Waals surface area contributed by atoms with Crippen LogP contribution in [-0.4, -0.2) is 51.9 Å². The summed E-state index contributed by atoms with van der Waals surface area (Å²) in [5.41, 5.74) is 0.364. The molecule has 1 heterocycles. The molecule has 7 nitrogen and oxygen atoms in total. The van der Waals surface area contributed by atoms with Crippen LogP contribution in [0.3, 0.4) is 0 Å². The number of nitrogens with one attached hydrogen (secondary N) is 1. The molecule has 23 heavy (non-hydrogen) atoms. The lowest BCUT2D eigenvalue weighted by atomic mass is 10.2. The Morgan fingerprint density at radius 2 is 2.17 bits per heavy atom. The van der Waals surface area contributed by atoms with E-state index in [-0.39, 0.29) is 29.9 Å². The summed E-state index contributed by atoms with van der Waals surface area (Å²) in [4.78, 5) is 22.8. The minimum absolute atomic E-state index is 0.0460. The summed E-state index contributed by atoms with van der Waals surface area (Å²) < 4.78 is 33.8. The molecule has 2 rings (SSSR count). The second-order valence-electron chi connectivity index (χ2n) is 5.10. The van der Waals surface area contributed by atoms with Gasteiger partial charge in [-0.1, -0.05) is 0 Å². The highest BCUT2D eigenvalue weighted by atomic mass is 79.9. The summed E-state index contributed by atoms with van der Waals surface area (Å²) in [7, 11) is -1.61. The number of methoxy groups -OCH3 is 1. The first kappa shape index (κ1) is 17.7. The third kappa shape index (κ3) is 4.68. The van der Waals surface area contributed by atoms with Crippen LogP contribution in [0.1, 0.15) is 16.8 Å². The van der Waals surface area contributed by atoms with Gasteiger partial charge in [0.15, 0.2) is 34.2 Å². The van der Waals surface area contributed by atoms with Crippen LogP contribution in [0.25, 0.3) is 0 Å². The number of amides is 1. The van der Waals surface area contributed by atoms with Gasteiger partial charge in [-0.25, -0.2) is 8.42 Å². The third-order valence-electron chi connectivity index (χ3n) is 3.37. The van der Waals surface area contributed by atoms with E-state index in [0.29, 0.717) is 28.5 Å². The van der Waals surface area contributed by atoms with Gasteiger partial charge in [-0.2, -0.15) is 0 Å². The van der Waals surface area contributed by atoms with Crippen LogP contribution in [0.5, 0.6) is 11.5 Å². The SMILES string of the molecule is COc1cc(Br)c(C=O)cc1OCC(=O)N[C@H]1CCS(=O)(=O)C1. The largest absolute Gasteiger partial charge is 0.493 e.